The maximum atomic E-state index is 11.3. The maximum absolute atomic E-state index is 11.3. The summed E-state index contributed by atoms with van der Waals surface area (Å²) in [7, 11) is -1.18. The first-order valence-corrected chi connectivity index (χ1v) is 7.65. The summed E-state index contributed by atoms with van der Waals surface area (Å²) >= 11 is 0. The van der Waals surface area contributed by atoms with E-state index in [4.69, 9.17) is 4.74 Å². The van der Waals surface area contributed by atoms with Crippen molar-refractivity contribution >= 4 is 15.8 Å². The lowest BCUT2D eigenvalue weighted by Gasteiger charge is -2.15. The monoisotopic (exact) mass is 263 g/mol. The van der Waals surface area contributed by atoms with Crippen molar-refractivity contribution in [1.82, 2.24) is 10.6 Å². The normalized spacial score (nSPS) is 23.6. The quantitative estimate of drug-likeness (QED) is 0.392. The topological polar surface area (TPSA) is 79.8 Å². The fraction of sp³-hybridized carbons (Fsp3) is 0.900. The second-order valence-electron chi connectivity index (χ2n) is 3.94. The molecule has 1 aliphatic heterocycles. The third kappa shape index (κ3) is 5.36. The van der Waals surface area contributed by atoms with E-state index in [2.05, 4.69) is 15.6 Å². The van der Waals surface area contributed by atoms with E-state index < -0.39 is 9.84 Å². The molecule has 1 unspecified atom stereocenters. The first kappa shape index (κ1) is 14.2. The van der Waals surface area contributed by atoms with Crippen molar-refractivity contribution in [2.75, 3.05) is 38.3 Å². The highest BCUT2D eigenvalue weighted by Gasteiger charge is 2.28. The number of guanidine groups is 1. The Balaban J connectivity index is 2.28. The molecule has 0 aromatic rings. The molecule has 0 bridgehead atoms. The Morgan fingerprint density at radius 1 is 1.53 bits per heavy atom. The van der Waals surface area contributed by atoms with Gasteiger partial charge in [-0.1, -0.05) is 0 Å². The van der Waals surface area contributed by atoms with E-state index in [0.29, 0.717) is 32.1 Å². The second kappa shape index (κ2) is 6.80. The summed E-state index contributed by atoms with van der Waals surface area (Å²) in [5.74, 6) is 1.09. The van der Waals surface area contributed by atoms with Gasteiger partial charge in [0.15, 0.2) is 15.8 Å². The summed E-state index contributed by atoms with van der Waals surface area (Å²) in [4.78, 5) is 4.04. The minimum atomic E-state index is -2.85. The summed E-state index contributed by atoms with van der Waals surface area (Å²) < 4.78 is 27.8. The molecule has 6 nitrogen and oxygen atoms in total. The van der Waals surface area contributed by atoms with Crippen molar-refractivity contribution in [3.05, 3.63) is 0 Å². The van der Waals surface area contributed by atoms with E-state index >= 15 is 0 Å². The molecule has 1 fully saturated rings. The van der Waals surface area contributed by atoms with Gasteiger partial charge in [0, 0.05) is 26.2 Å². The third-order valence-electron chi connectivity index (χ3n) is 2.54. The zero-order valence-corrected chi connectivity index (χ0v) is 11.2. The van der Waals surface area contributed by atoms with Gasteiger partial charge in [0.2, 0.25) is 0 Å². The highest BCUT2D eigenvalue weighted by atomic mass is 32.2. The van der Waals surface area contributed by atoms with Crippen molar-refractivity contribution in [2.45, 2.75) is 19.4 Å². The number of hydrogen-bond donors (Lipinski definition) is 2. The SMILES string of the molecule is CCOCCNC(=NC)NC1CCS(=O)(=O)C1. The Morgan fingerprint density at radius 3 is 2.82 bits per heavy atom. The molecule has 1 rings (SSSR count). The lowest BCUT2D eigenvalue weighted by Crippen LogP contribution is -2.44. The number of ether oxygens (including phenoxy) is 1. The summed E-state index contributed by atoms with van der Waals surface area (Å²) in [6, 6.07) is -0.0294. The van der Waals surface area contributed by atoms with Crippen molar-refractivity contribution in [1.29, 1.82) is 0 Å². The Labute approximate surface area is 103 Å². The van der Waals surface area contributed by atoms with Crippen LogP contribution in [0.2, 0.25) is 0 Å². The van der Waals surface area contributed by atoms with Crippen LogP contribution in [-0.4, -0.2) is 58.7 Å². The van der Waals surface area contributed by atoms with E-state index in [1.807, 2.05) is 6.92 Å². The second-order valence-corrected chi connectivity index (χ2v) is 6.17. The molecule has 7 heteroatoms. The van der Waals surface area contributed by atoms with Crippen molar-refractivity contribution in [2.24, 2.45) is 4.99 Å². The molecular formula is C10H21N3O3S. The van der Waals surface area contributed by atoms with Crippen LogP contribution in [0, 0.1) is 0 Å². The zero-order valence-electron chi connectivity index (χ0n) is 10.4. The summed E-state index contributed by atoms with van der Waals surface area (Å²) in [5.41, 5.74) is 0. The van der Waals surface area contributed by atoms with E-state index in [-0.39, 0.29) is 17.5 Å². The maximum Gasteiger partial charge on any atom is 0.191 e. The zero-order chi connectivity index (χ0) is 12.7. The highest BCUT2D eigenvalue weighted by molar-refractivity contribution is 7.91. The first-order chi connectivity index (χ1) is 8.07. The van der Waals surface area contributed by atoms with Gasteiger partial charge in [0.1, 0.15) is 0 Å². The molecule has 0 aromatic carbocycles. The minimum Gasteiger partial charge on any atom is -0.380 e. The fourth-order valence-electron chi connectivity index (χ4n) is 1.68. The van der Waals surface area contributed by atoms with Crippen LogP contribution < -0.4 is 10.6 Å². The Bertz CT molecular complexity index is 354. The summed E-state index contributed by atoms with van der Waals surface area (Å²) in [6.07, 6.45) is 0.647. The molecular weight excluding hydrogens is 242 g/mol. The molecule has 100 valence electrons. The molecule has 1 atom stereocenters. The molecule has 1 aliphatic rings. The number of aliphatic imine (C=N–C) groups is 1. The van der Waals surface area contributed by atoms with Gasteiger partial charge in [-0.05, 0) is 13.3 Å². The molecule has 2 N–H and O–H groups in total. The van der Waals surface area contributed by atoms with Crippen LogP contribution in [0.1, 0.15) is 13.3 Å². The molecule has 0 radical (unpaired) electrons. The van der Waals surface area contributed by atoms with E-state index in [9.17, 15) is 8.42 Å². The van der Waals surface area contributed by atoms with Gasteiger partial charge in [-0.3, -0.25) is 4.99 Å². The van der Waals surface area contributed by atoms with Crippen LogP contribution in [0.5, 0.6) is 0 Å². The number of hydrogen-bond acceptors (Lipinski definition) is 4. The van der Waals surface area contributed by atoms with Crippen LogP contribution >= 0.6 is 0 Å². The average molecular weight is 263 g/mol. The van der Waals surface area contributed by atoms with Crippen LogP contribution in [-0.2, 0) is 14.6 Å². The van der Waals surface area contributed by atoms with Gasteiger partial charge in [0.05, 0.1) is 18.1 Å². The minimum absolute atomic E-state index is 0.0294. The molecule has 0 amide bonds. The standard InChI is InChI=1S/C10H21N3O3S/c1-3-16-6-5-12-10(11-2)13-9-4-7-17(14,15)8-9/h9H,3-8H2,1-2H3,(H2,11,12,13). The summed E-state index contributed by atoms with van der Waals surface area (Å²) in [6.45, 7) is 3.90. The van der Waals surface area contributed by atoms with Crippen molar-refractivity contribution in [3.63, 3.8) is 0 Å². The largest absolute Gasteiger partial charge is 0.380 e. The summed E-state index contributed by atoms with van der Waals surface area (Å²) in [5, 5.41) is 6.18. The van der Waals surface area contributed by atoms with Gasteiger partial charge in [-0.25, -0.2) is 8.42 Å². The molecule has 0 saturated carbocycles. The van der Waals surface area contributed by atoms with Crippen LogP contribution in [0.3, 0.4) is 0 Å². The Kier molecular flexibility index (Phi) is 5.70. The smallest absolute Gasteiger partial charge is 0.191 e. The van der Waals surface area contributed by atoms with Crippen LogP contribution in [0.25, 0.3) is 0 Å². The molecule has 1 heterocycles. The number of rotatable bonds is 5. The van der Waals surface area contributed by atoms with Crippen molar-refractivity contribution in [3.8, 4) is 0 Å². The lowest BCUT2D eigenvalue weighted by molar-refractivity contribution is 0.152. The Morgan fingerprint density at radius 2 is 2.29 bits per heavy atom. The van der Waals surface area contributed by atoms with Gasteiger partial charge in [0.25, 0.3) is 0 Å². The van der Waals surface area contributed by atoms with Gasteiger partial charge >= 0.3 is 0 Å². The average Bonchev–Trinajstić information content (AvgIpc) is 2.62. The van der Waals surface area contributed by atoms with Gasteiger partial charge in [-0.2, -0.15) is 0 Å². The van der Waals surface area contributed by atoms with Crippen molar-refractivity contribution < 1.29 is 13.2 Å². The predicted octanol–water partition coefficient (Wildman–Crippen LogP) is -0.625. The van der Waals surface area contributed by atoms with E-state index in [1.54, 1.807) is 7.05 Å². The first-order valence-electron chi connectivity index (χ1n) is 5.82. The van der Waals surface area contributed by atoms with Gasteiger partial charge < -0.3 is 15.4 Å². The predicted molar refractivity (Wildman–Crippen MR) is 68.0 cm³/mol. The number of nitrogens with one attached hydrogen (secondary N) is 2. The van der Waals surface area contributed by atoms with E-state index in [0.717, 1.165) is 0 Å². The molecule has 0 aliphatic carbocycles. The van der Waals surface area contributed by atoms with Gasteiger partial charge in [-0.15, -0.1) is 0 Å². The van der Waals surface area contributed by atoms with E-state index in [1.165, 1.54) is 0 Å². The Hall–Kier alpha value is -0.820. The third-order valence-corrected chi connectivity index (χ3v) is 4.31. The molecule has 1 saturated heterocycles. The fourth-order valence-corrected chi connectivity index (χ4v) is 3.36. The molecule has 0 aromatic heterocycles. The number of nitrogens with zero attached hydrogens (tertiary/aromatic N) is 1. The van der Waals surface area contributed by atoms with Crippen LogP contribution in [0.4, 0.5) is 0 Å². The highest BCUT2D eigenvalue weighted by Crippen LogP contribution is 2.10. The molecule has 17 heavy (non-hydrogen) atoms. The molecule has 0 spiro atoms. The lowest BCUT2D eigenvalue weighted by atomic mass is 10.3. The number of sulfone groups is 1. The van der Waals surface area contributed by atoms with Crippen LogP contribution in [0.15, 0.2) is 4.99 Å².